The molecule has 0 aliphatic carbocycles. The van der Waals surface area contributed by atoms with E-state index in [1.807, 2.05) is 0 Å². The highest BCUT2D eigenvalue weighted by atomic mass is 14.1. The molecule has 0 aliphatic rings. The maximum absolute atomic E-state index is 2.41. The summed E-state index contributed by atoms with van der Waals surface area (Å²) in [6.45, 7) is 9.42. The van der Waals surface area contributed by atoms with Crippen molar-refractivity contribution in [1.29, 1.82) is 0 Å². The lowest BCUT2D eigenvalue weighted by Gasteiger charge is -2.14. The molecule has 0 saturated carbocycles. The average Bonchev–Trinajstić information content (AvgIpc) is 2.66. The summed E-state index contributed by atoms with van der Waals surface area (Å²) in [6.07, 6.45) is 29.2. The topological polar surface area (TPSA) is 0 Å². The quantitative estimate of drug-likeness (QED) is 0.177. The molecule has 0 aromatic rings. The Balaban J connectivity index is 3.38. The van der Waals surface area contributed by atoms with Crippen molar-refractivity contribution in [2.75, 3.05) is 0 Å². The van der Waals surface area contributed by atoms with Crippen molar-refractivity contribution in [2.45, 2.75) is 156 Å². The molecular weight excluding hydrogens is 312 g/mol. The zero-order valence-corrected chi connectivity index (χ0v) is 19.3. The van der Waals surface area contributed by atoms with Crippen LogP contribution in [0.3, 0.4) is 0 Å². The molecule has 0 saturated heterocycles. The number of unbranched alkanes of at least 4 members (excludes halogenated alkanes) is 11. The third kappa shape index (κ3) is 17.4. The summed E-state index contributed by atoms with van der Waals surface area (Å²) in [5, 5.41) is 0. The van der Waals surface area contributed by atoms with Crippen LogP contribution in [0.25, 0.3) is 0 Å². The molecule has 0 spiro atoms. The van der Waals surface area contributed by atoms with Gasteiger partial charge in [0, 0.05) is 0 Å². The zero-order valence-electron chi connectivity index (χ0n) is 19.3. The second kappa shape index (κ2) is 21.3. The van der Waals surface area contributed by atoms with E-state index < -0.39 is 0 Å². The molecule has 0 fully saturated rings. The van der Waals surface area contributed by atoms with Gasteiger partial charge in [-0.3, -0.25) is 0 Å². The van der Waals surface area contributed by atoms with Gasteiger partial charge in [0.25, 0.3) is 0 Å². The molecular formula is C26H54. The van der Waals surface area contributed by atoms with Crippen LogP contribution in [0, 0.1) is 11.8 Å². The van der Waals surface area contributed by atoms with Crippen molar-refractivity contribution >= 4 is 0 Å². The highest BCUT2D eigenvalue weighted by molar-refractivity contribution is 4.60. The number of hydrogen-bond donors (Lipinski definition) is 0. The highest BCUT2D eigenvalue weighted by Gasteiger charge is 2.06. The Bertz CT molecular complexity index is 244. The minimum Gasteiger partial charge on any atom is -0.0654 e. The number of rotatable bonds is 21. The molecule has 0 radical (unpaired) electrons. The normalized spacial score (nSPS) is 13.8. The first-order chi connectivity index (χ1) is 12.8. The van der Waals surface area contributed by atoms with Gasteiger partial charge in [-0.2, -0.15) is 0 Å². The van der Waals surface area contributed by atoms with Gasteiger partial charge in [0.1, 0.15) is 0 Å². The Kier molecular flexibility index (Phi) is 21.3. The second-order valence-corrected chi connectivity index (χ2v) is 8.95. The summed E-state index contributed by atoms with van der Waals surface area (Å²) in [4.78, 5) is 0. The Morgan fingerprint density at radius 2 is 0.692 bits per heavy atom. The first-order valence-electron chi connectivity index (χ1n) is 12.8. The third-order valence-corrected chi connectivity index (χ3v) is 6.54. The first kappa shape index (κ1) is 26.0. The lowest BCUT2D eigenvalue weighted by atomic mass is 9.92. The maximum atomic E-state index is 2.41. The molecule has 0 bridgehead atoms. The summed E-state index contributed by atoms with van der Waals surface area (Å²) in [5.41, 5.74) is 0. The van der Waals surface area contributed by atoms with Crippen molar-refractivity contribution in [1.82, 2.24) is 0 Å². The van der Waals surface area contributed by atoms with Gasteiger partial charge in [0.05, 0.1) is 0 Å². The van der Waals surface area contributed by atoms with Gasteiger partial charge in [-0.15, -0.1) is 0 Å². The fourth-order valence-corrected chi connectivity index (χ4v) is 4.48. The van der Waals surface area contributed by atoms with Crippen LogP contribution in [0.1, 0.15) is 156 Å². The predicted molar refractivity (Wildman–Crippen MR) is 122 cm³/mol. The summed E-state index contributed by atoms with van der Waals surface area (Å²) in [7, 11) is 0. The van der Waals surface area contributed by atoms with E-state index in [2.05, 4.69) is 27.7 Å². The highest BCUT2D eigenvalue weighted by Crippen LogP contribution is 2.22. The minimum atomic E-state index is 1.01. The maximum Gasteiger partial charge on any atom is -0.0417 e. The standard InChI is InChI=1S/C26H54/c1-5-9-10-11-15-19-23-26(8-4)24-20-17-14-12-13-16-18-22-25(7-3)21-6-2/h25-26H,5-24H2,1-4H3. The summed E-state index contributed by atoms with van der Waals surface area (Å²) >= 11 is 0. The molecule has 0 heterocycles. The van der Waals surface area contributed by atoms with Crippen LogP contribution in [-0.4, -0.2) is 0 Å². The summed E-state index contributed by atoms with van der Waals surface area (Å²) in [6, 6.07) is 0. The Morgan fingerprint density at radius 1 is 0.346 bits per heavy atom. The molecule has 0 rings (SSSR count). The van der Waals surface area contributed by atoms with E-state index in [1.165, 1.54) is 128 Å². The van der Waals surface area contributed by atoms with Crippen LogP contribution in [0.4, 0.5) is 0 Å². The molecule has 0 amide bonds. The summed E-state index contributed by atoms with van der Waals surface area (Å²) < 4.78 is 0. The number of hydrogen-bond acceptors (Lipinski definition) is 0. The van der Waals surface area contributed by atoms with Crippen LogP contribution in [0.2, 0.25) is 0 Å². The molecule has 0 nitrogen and oxygen atoms in total. The van der Waals surface area contributed by atoms with E-state index in [0.717, 1.165) is 11.8 Å². The molecule has 2 atom stereocenters. The fraction of sp³-hybridized carbons (Fsp3) is 1.00. The van der Waals surface area contributed by atoms with Crippen LogP contribution in [-0.2, 0) is 0 Å². The van der Waals surface area contributed by atoms with Crippen LogP contribution in [0.15, 0.2) is 0 Å². The van der Waals surface area contributed by atoms with Crippen molar-refractivity contribution < 1.29 is 0 Å². The molecule has 2 unspecified atom stereocenters. The molecule has 158 valence electrons. The largest absolute Gasteiger partial charge is 0.0654 e. The molecule has 26 heavy (non-hydrogen) atoms. The summed E-state index contributed by atoms with van der Waals surface area (Å²) in [5.74, 6) is 2.03. The van der Waals surface area contributed by atoms with Gasteiger partial charge in [-0.05, 0) is 11.8 Å². The SMILES string of the molecule is CCCCCCCCC(CC)CCCCCCCCCC(CC)CCC. The van der Waals surface area contributed by atoms with E-state index in [1.54, 1.807) is 0 Å². The lowest BCUT2D eigenvalue weighted by Crippen LogP contribution is -1.99. The zero-order chi connectivity index (χ0) is 19.3. The van der Waals surface area contributed by atoms with Gasteiger partial charge in [0.15, 0.2) is 0 Å². The Labute approximate surface area is 168 Å². The fourth-order valence-electron chi connectivity index (χ4n) is 4.48. The van der Waals surface area contributed by atoms with E-state index in [9.17, 15) is 0 Å². The molecule has 0 heteroatoms. The minimum absolute atomic E-state index is 1.01. The van der Waals surface area contributed by atoms with Gasteiger partial charge >= 0.3 is 0 Å². The van der Waals surface area contributed by atoms with Crippen LogP contribution < -0.4 is 0 Å². The van der Waals surface area contributed by atoms with Gasteiger partial charge in [-0.1, -0.05) is 156 Å². The first-order valence-corrected chi connectivity index (χ1v) is 12.8. The Morgan fingerprint density at radius 3 is 1.04 bits per heavy atom. The van der Waals surface area contributed by atoms with Gasteiger partial charge in [-0.25, -0.2) is 0 Å². The van der Waals surface area contributed by atoms with E-state index >= 15 is 0 Å². The van der Waals surface area contributed by atoms with Crippen LogP contribution in [0.5, 0.6) is 0 Å². The van der Waals surface area contributed by atoms with Gasteiger partial charge in [0.2, 0.25) is 0 Å². The molecule has 0 aromatic carbocycles. The van der Waals surface area contributed by atoms with E-state index in [4.69, 9.17) is 0 Å². The van der Waals surface area contributed by atoms with E-state index in [-0.39, 0.29) is 0 Å². The van der Waals surface area contributed by atoms with E-state index in [0.29, 0.717) is 0 Å². The lowest BCUT2D eigenvalue weighted by molar-refractivity contribution is 0.390. The van der Waals surface area contributed by atoms with Crippen molar-refractivity contribution in [2.24, 2.45) is 11.8 Å². The van der Waals surface area contributed by atoms with Crippen molar-refractivity contribution in [3.8, 4) is 0 Å². The van der Waals surface area contributed by atoms with Gasteiger partial charge < -0.3 is 0 Å². The monoisotopic (exact) mass is 366 g/mol. The smallest absolute Gasteiger partial charge is 0.0417 e. The Hall–Kier alpha value is 0. The molecule has 0 aromatic heterocycles. The molecule has 0 N–H and O–H groups in total. The predicted octanol–water partition coefficient (Wildman–Crippen LogP) is 10.1. The van der Waals surface area contributed by atoms with Crippen LogP contribution >= 0.6 is 0 Å². The molecule has 0 aliphatic heterocycles. The second-order valence-electron chi connectivity index (χ2n) is 8.95. The average molecular weight is 367 g/mol. The van der Waals surface area contributed by atoms with Crippen molar-refractivity contribution in [3.05, 3.63) is 0 Å². The third-order valence-electron chi connectivity index (χ3n) is 6.54. The van der Waals surface area contributed by atoms with Crippen molar-refractivity contribution in [3.63, 3.8) is 0 Å².